The summed E-state index contributed by atoms with van der Waals surface area (Å²) < 4.78 is 5.20. The molecule has 0 saturated heterocycles. The quantitative estimate of drug-likeness (QED) is 0.708. The molecule has 0 amide bonds. The smallest absolute Gasteiger partial charge is 0.218 e. The number of rotatable bonds is 4. The first kappa shape index (κ1) is 10.0. The normalized spacial score (nSPS) is 11.7. The van der Waals surface area contributed by atoms with Crippen molar-refractivity contribution in [3.8, 4) is 0 Å². The second-order valence-electron chi connectivity index (χ2n) is 3.46. The molecule has 2 nitrogen and oxygen atoms in total. The van der Waals surface area contributed by atoms with Gasteiger partial charge >= 0.3 is 0 Å². The number of hydrogen-bond acceptors (Lipinski definition) is 2. The first-order chi connectivity index (χ1) is 6.22. The molecule has 0 spiro atoms. The molecular weight excluding hydrogens is 162 g/mol. The van der Waals surface area contributed by atoms with Crippen molar-refractivity contribution in [3.05, 3.63) is 30.8 Å². The van der Waals surface area contributed by atoms with Crippen molar-refractivity contribution in [2.24, 2.45) is 5.92 Å². The molecule has 1 aromatic heterocycles. The molecule has 0 aliphatic heterocycles. The maximum atomic E-state index is 5.20. The summed E-state index contributed by atoms with van der Waals surface area (Å²) in [6.45, 7) is 8.09. The van der Waals surface area contributed by atoms with Crippen LogP contribution in [-0.4, -0.2) is 4.98 Å². The molecule has 0 aromatic carbocycles. The van der Waals surface area contributed by atoms with Crippen LogP contribution in [0.5, 0.6) is 0 Å². The lowest BCUT2D eigenvalue weighted by atomic mass is 10.1. The van der Waals surface area contributed by atoms with Crippen LogP contribution < -0.4 is 0 Å². The monoisotopic (exact) mass is 178 g/mol. The van der Waals surface area contributed by atoms with E-state index < -0.39 is 0 Å². The highest BCUT2D eigenvalue weighted by molar-refractivity contribution is 5.37. The van der Waals surface area contributed by atoms with E-state index in [1.165, 1.54) is 0 Å². The van der Waals surface area contributed by atoms with Crippen LogP contribution in [0.25, 0.3) is 6.08 Å². The molecule has 0 aliphatic rings. The van der Waals surface area contributed by atoms with E-state index in [1.54, 1.807) is 6.26 Å². The zero-order chi connectivity index (χ0) is 9.68. The van der Waals surface area contributed by atoms with E-state index in [2.05, 4.69) is 31.8 Å². The number of nitrogens with zero attached hydrogens (tertiary/aromatic N) is 1. The van der Waals surface area contributed by atoms with E-state index in [9.17, 15) is 0 Å². The van der Waals surface area contributed by atoms with Crippen LogP contribution in [0.2, 0.25) is 0 Å². The fourth-order valence-corrected chi connectivity index (χ4v) is 0.955. The van der Waals surface area contributed by atoms with Gasteiger partial charge in [0.25, 0.3) is 0 Å². The van der Waals surface area contributed by atoms with Gasteiger partial charge in [-0.25, -0.2) is 4.98 Å². The van der Waals surface area contributed by atoms with Gasteiger partial charge in [0.1, 0.15) is 6.26 Å². The Morgan fingerprint density at radius 3 is 2.92 bits per heavy atom. The minimum atomic E-state index is 0.679. The second kappa shape index (κ2) is 4.85. The molecule has 0 fully saturated rings. The van der Waals surface area contributed by atoms with Gasteiger partial charge < -0.3 is 4.42 Å². The summed E-state index contributed by atoms with van der Waals surface area (Å²) in [5.74, 6) is 1.36. The maximum absolute atomic E-state index is 5.20. The van der Waals surface area contributed by atoms with Gasteiger partial charge in [-0.1, -0.05) is 19.9 Å². The predicted octanol–water partition coefficient (Wildman–Crippen LogP) is 3.11. The number of hydrogen-bond donors (Lipinski definition) is 0. The number of aromatic nitrogens is 1. The molecule has 0 saturated carbocycles. The van der Waals surface area contributed by atoms with Crippen LogP contribution in [0.15, 0.2) is 16.8 Å². The van der Waals surface area contributed by atoms with Crippen LogP contribution in [0.1, 0.15) is 31.9 Å². The molecule has 2 heteroatoms. The minimum Gasteiger partial charge on any atom is -0.445 e. The van der Waals surface area contributed by atoms with Crippen molar-refractivity contribution < 1.29 is 4.42 Å². The molecule has 0 aliphatic carbocycles. The fraction of sp³-hybridized carbons (Fsp3) is 0.455. The molecule has 0 N–H and O–H groups in total. The topological polar surface area (TPSA) is 26.0 Å². The van der Waals surface area contributed by atoms with Crippen molar-refractivity contribution in [2.45, 2.75) is 26.7 Å². The fourth-order valence-electron chi connectivity index (χ4n) is 0.955. The lowest BCUT2D eigenvalue weighted by molar-refractivity contribution is 0.545. The standard InChI is InChI=1S/C11H16NO/c1-4-10-8-13-11(12-10)7-5-6-9(2)3/h5,7-9H,1,4,6H2,2-3H3/b7-5+. The van der Waals surface area contributed by atoms with Crippen LogP contribution >= 0.6 is 0 Å². The van der Waals surface area contributed by atoms with Crippen LogP contribution in [0.4, 0.5) is 0 Å². The van der Waals surface area contributed by atoms with Crippen molar-refractivity contribution in [3.63, 3.8) is 0 Å². The number of allylic oxidation sites excluding steroid dienone is 1. The van der Waals surface area contributed by atoms with Gasteiger partial charge in [-0.15, -0.1) is 0 Å². The third kappa shape index (κ3) is 3.45. The lowest BCUT2D eigenvalue weighted by Crippen LogP contribution is -1.82. The molecular formula is C11H16NO. The molecule has 1 radical (unpaired) electrons. The van der Waals surface area contributed by atoms with Crippen LogP contribution in [-0.2, 0) is 6.42 Å². The Balaban J connectivity index is 2.48. The molecule has 1 heterocycles. The van der Waals surface area contributed by atoms with Crippen LogP contribution in [0.3, 0.4) is 0 Å². The first-order valence-electron chi connectivity index (χ1n) is 4.62. The Kier molecular flexibility index (Phi) is 3.74. The molecule has 71 valence electrons. The summed E-state index contributed by atoms with van der Waals surface area (Å²) in [6, 6.07) is 0. The first-order valence-corrected chi connectivity index (χ1v) is 4.62. The largest absolute Gasteiger partial charge is 0.445 e. The van der Waals surface area contributed by atoms with Crippen LogP contribution in [0, 0.1) is 12.8 Å². The average Bonchev–Trinajstić information content (AvgIpc) is 2.52. The van der Waals surface area contributed by atoms with Gasteiger partial charge in [-0.05, 0) is 31.8 Å². The van der Waals surface area contributed by atoms with E-state index >= 15 is 0 Å². The van der Waals surface area contributed by atoms with E-state index in [0.717, 1.165) is 12.1 Å². The second-order valence-corrected chi connectivity index (χ2v) is 3.46. The van der Waals surface area contributed by atoms with Gasteiger partial charge in [0, 0.05) is 0 Å². The summed E-state index contributed by atoms with van der Waals surface area (Å²) in [4.78, 5) is 4.21. The summed E-state index contributed by atoms with van der Waals surface area (Å²) in [7, 11) is 0. The van der Waals surface area contributed by atoms with Crippen molar-refractivity contribution in [1.29, 1.82) is 0 Å². The summed E-state index contributed by atoms with van der Waals surface area (Å²) in [5, 5.41) is 0. The Hall–Kier alpha value is -1.05. The van der Waals surface area contributed by atoms with E-state index in [0.29, 0.717) is 18.2 Å². The highest BCUT2D eigenvalue weighted by atomic mass is 16.3. The third-order valence-corrected chi connectivity index (χ3v) is 1.69. The summed E-state index contributed by atoms with van der Waals surface area (Å²) in [6.07, 6.45) is 7.40. The Bertz CT molecular complexity index is 273. The van der Waals surface area contributed by atoms with Gasteiger partial charge in [0.2, 0.25) is 5.89 Å². The molecule has 13 heavy (non-hydrogen) atoms. The maximum Gasteiger partial charge on any atom is 0.218 e. The Labute approximate surface area is 79.7 Å². The Morgan fingerprint density at radius 1 is 1.62 bits per heavy atom. The molecule has 0 unspecified atom stereocenters. The Morgan fingerprint density at radius 2 is 2.38 bits per heavy atom. The SMILES string of the molecule is [CH2]Cc1coc(/C=C/CC(C)C)n1. The average molecular weight is 178 g/mol. The van der Waals surface area contributed by atoms with E-state index in [1.807, 2.05) is 6.08 Å². The van der Waals surface area contributed by atoms with E-state index in [4.69, 9.17) is 4.42 Å². The zero-order valence-electron chi connectivity index (χ0n) is 8.29. The molecule has 1 aromatic rings. The number of oxazole rings is 1. The molecule has 0 atom stereocenters. The predicted molar refractivity (Wildman–Crippen MR) is 54.1 cm³/mol. The van der Waals surface area contributed by atoms with Gasteiger partial charge in [0.15, 0.2) is 0 Å². The van der Waals surface area contributed by atoms with Gasteiger partial charge in [-0.2, -0.15) is 0 Å². The highest BCUT2D eigenvalue weighted by Crippen LogP contribution is 2.07. The van der Waals surface area contributed by atoms with E-state index in [-0.39, 0.29) is 0 Å². The van der Waals surface area contributed by atoms with Crippen molar-refractivity contribution >= 4 is 6.08 Å². The minimum absolute atomic E-state index is 0.679. The van der Waals surface area contributed by atoms with Gasteiger partial charge in [-0.3, -0.25) is 0 Å². The highest BCUT2D eigenvalue weighted by Gasteiger charge is 1.97. The van der Waals surface area contributed by atoms with Gasteiger partial charge in [0.05, 0.1) is 5.69 Å². The summed E-state index contributed by atoms with van der Waals surface area (Å²) in [5.41, 5.74) is 0.907. The molecule has 0 bridgehead atoms. The van der Waals surface area contributed by atoms with Crippen molar-refractivity contribution in [1.82, 2.24) is 4.98 Å². The third-order valence-electron chi connectivity index (χ3n) is 1.69. The zero-order valence-corrected chi connectivity index (χ0v) is 8.29. The molecule has 1 rings (SSSR count). The van der Waals surface area contributed by atoms with Crippen molar-refractivity contribution in [2.75, 3.05) is 0 Å². The summed E-state index contributed by atoms with van der Waals surface area (Å²) >= 11 is 0. The lowest BCUT2D eigenvalue weighted by Gasteiger charge is -1.94.